The molecule has 0 spiro atoms. The number of hydrogen-bond acceptors (Lipinski definition) is 2. The molecule has 5 heteroatoms. The molecule has 0 atom stereocenters. The molecule has 2 heterocycles. The number of rotatable bonds is 2. The molecule has 1 aromatic carbocycles. The molecule has 0 radical (unpaired) electrons. The van der Waals surface area contributed by atoms with Gasteiger partial charge in [-0.25, -0.2) is 4.98 Å². The molecule has 0 aliphatic carbocycles. The van der Waals surface area contributed by atoms with E-state index in [1.54, 1.807) is 0 Å². The average Bonchev–Trinajstić information content (AvgIpc) is 2.64. The molecule has 1 fully saturated rings. The van der Waals surface area contributed by atoms with Gasteiger partial charge < -0.3 is 9.88 Å². The summed E-state index contributed by atoms with van der Waals surface area (Å²) in [4.78, 5) is 4.23. The van der Waals surface area contributed by atoms with Gasteiger partial charge in [0.15, 0.2) is 0 Å². The van der Waals surface area contributed by atoms with Crippen LogP contribution in [-0.4, -0.2) is 22.6 Å². The minimum Gasteiger partial charge on any atom is -0.315 e. The van der Waals surface area contributed by atoms with Gasteiger partial charge in [-0.1, -0.05) is 27.5 Å². The SMILES string of the molecule is Clc1cc(Br)ccc1-n1cncc1C1CNC1. The fourth-order valence-electron chi connectivity index (χ4n) is 1.98. The molecule has 1 saturated heterocycles. The Morgan fingerprint density at radius 1 is 1.41 bits per heavy atom. The molecular formula is C12H11BrClN3. The first kappa shape index (κ1) is 11.3. The first-order valence-electron chi connectivity index (χ1n) is 5.44. The Kier molecular flexibility index (Phi) is 2.94. The highest BCUT2D eigenvalue weighted by atomic mass is 79.9. The number of nitrogens with zero attached hydrogens (tertiary/aromatic N) is 2. The Labute approximate surface area is 113 Å². The molecule has 1 N–H and O–H groups in total. The number of aromatic nitrogens is 2. The molecule has 1 aliphatic heterocycles. The maximum atomic E-state index is 6.26. The van der Waals surface area contributed by atoms with Gasteiger partial charge in [-0.2, -0.15) is 0 Å². The summed E-state index contributed by atoms with van der Waals surface area (Å²) in [5.74, 6) is 0.539. The van der Waals surface area contributed by atoms with E-state index in [1.165, 1.54) is 5.69 Å². The Morgan fingerprint density at radius 2 is 2.24 bits per heavy atom. The van der Waals surface area contributed by atoms with Gasteiger partial charge >= 0.3 is 0 Å². The third-order valence-corrected chi connectivity index (χ3v) is 3.83. The molecular weight excluding hydrogens is 302 g/mol. The summed E-state index contributed by atoms with van der Waals surface area (Å²) >= 11 is 9.68. The number of hydrogen-bond donors (Lipinski definition) is 1. The number of halogens is 2. The van der Waals surface area contributed by atoms with Crippen LogP contribution in [-0.2, 0) is 0 Å². The summed E-state index contributed by atoms with van der Waals surface area (Å²) in [5, 5.41) is 4.00. The van der Waals surface area contributed by atoms with Crippen LogP contribution in [0.5, 0.6) is 0 Å². The zero-order chi connectivity index (χ0) is 11.8. The maximum Gasteiger partial charge on any atom is 0.0994 e. The molecule has 0 unspecified atom stereocenters. The summed E-state index contributed by atoms with van der Waals surface area (Å²) < 4.78 is 3.05. The van der Waals surface area contributed by atoms with Gasteiger partial charge in [0.2, 0.25) is 0 Å². The van der Waals surface area contributed by atoms with Crippen molar-refractivity contribution in [2.75, 3.05) is 13.1 Å². The van der Waals surface area contributed by atoms with Crippen LogP contribution in [0.1, 0.15) is 11.6 Å². The zero-order valence-corrected chi connectivity index (χ0v) is 11.4. The van der Waals surface area contributed by atoms with Crippen molar-refractivity contribution in [2.24, 2.45) is 0 Å². The van der Waals surface area contributed by atoms with E-state index in [4.69, 9.17) is 11.6 Å². The normalized spacial score (nSPS) is 15.9. The van der Waals surface area contributed by atoms with E-state index in [0.717, 1.165) is 28.3 Å². The fraction of sp³-hybridized carbons (Fsp3) is 0.250. The Hall–Kier alpha value is -0.840. The maximum absolute atomic E-state index is 6.26. The van der Waals surface area contributed by atoms with Crippen molar-refractivity contribution in [3.63, 3.8) is 0 Å². The molecule has 0 amide bonds. The molecule has 88 valence electrons. The lowest BCUT2D eigenvalue weighted by molar-refractivity contribution is 0.435. The van der Waals surface area contributed by atoms with Crippen LogP contribution in [0.4, 0.5) is 0 Å². The van der Waals surface area contributed by atoms with Crippen LogP contribution >= 0.6 is 27.5 Å². The van der Waals surface area contributed by atoms with Crippen LogP contribution in [0.2, 0.25) is 5.02 Å². The van der Waals surface area contributed by atoms with E-state index < -0.39 is 0 Å². The monoisotopic (exact) mass is 311 g/mol. The predicted molar refractivity (Wildman–Crippen MR) is 71.9 cm³/mol. The summed E-state index contributed by atoms with van der Waals surface area (Å²) in [7, 11) is 0. The lowest BCUT2D eigenvalue weighted by atomic mass is 10.00. The van der Waals surface area contributed by atoms with Gasteiger partial charge in [-0.3, -0.25) is 0 Å². The van der Waals surface area contributed by atoms with Crippen molar-refractivity contribution < 1.29 is 0 Å². The summed E-state index contributed by atoms with van der Waals surface area (Å²) in [6.07, 6.45) is 3.74. The third kappa shape index (κ3) is 2.01. The highest BCUT2D eigenvalue weighted by molar-refractivity contribution is 9.10. The van der Waals surface area contributed by atoms with Crippen molar-refractivity contribution in [3.8, 4) is 5.69 Å². The van der Waals surface area contributed by atoms with Crippen LogP contribution in [0.15, 0.2) is 35.2 Å². The first-order valence-corrected chi connectivity index (χ1v) is 6.61. The summed E-state index contributed by atoms with van der Waals surface area (Å²) in [6.45, 7) is 2.03. The van der Waals surface area contributed by atoms with Crippen LogP contribution < -0.4 is 5.32 Å². The topological polar surface area (TPSA) is 29.9 Å². The van der Waals surface area contributed by atoms with Gasteiger partial charge in [0.05, 0.1) is 17.0 Å². The highest BCUT2D eigenvalue weighted by Crippen LogP contribution is 2.28. The first-order chi connectivity index (χ1) is 8.25. The minimum atomic E-state index is 0.539. The minimum absolute atomic E-state index is 0.539. The molecule has 1 aliphatic rings. The van der Waals surface area contributed by atoms with E-state index in [2.05, 4.69) is 30.8 Å². The van der Waals surface area contributed by atoms with Gasteiger partial charge in [-0.15, -0.1) is 0 Å². The fourth-order valence-corrected chi connectivity index (χ4v) is 2.75. The second-order valence-corrected chi connectivity index (χ2v) is 5.46. The molecule has 3 rings (SSSR count). The molecule has 2 aromatic rings. The van der Waals surface area contributed by atoms with E-state index in [0.29, 0.717) is 5.92 Å². The van der Waals surface area contributed by atoms with Crippen LogP contribution in [0.3, 0.4) is 0 Å². The third-order valence-electron chi connectivity index (χ3n) is 3.04. The Balaban J connectivity index is 2.05. The van der Waals surface area contributed by atoms with E-state index >= 15 is 0 Å². The van der Waals surface area contributed by atoms with Crippen molar-refractivity contribution in [1.82, 2.24) is 14.9 Å². The van der Waals surface area contributed by atoms with Gasteiger partial charge in [0.25, 0.3) is 0 Å². The zero-order valence-electron chi connectivity index (χ0n) is 9.03. The van der Waals surface area contributed by atoms with Crippen LogP contribution in [0.25, 0.3) is 5.69 Å². The van der Waals surface area contributed by atoms with Gasteiger partial charge in [0, 0.05) is 35.4 Å². The number of imidazole rings is 1. The molecule has 17 heavy (non-hydrogen) atoms. The highest BCUT2D eigenvalue weighted by Gasteiger charge is 2.23. The largest absolute Gasteiger partial charge is 0.315 e. The molecule has 0 bridgehead atoms. The quantitative estimate of drug-likeness (QED) is 0.924. The van der Waals surface area contributed by atoms with E-state index in [9.17, 15) is 0 Å². The standard InChI is InChI=1S/C12H11BrClN3/c13-9-1-2-11(10(14)3-9)17-7-16-6-12(17)8-4-15-5-8/h1-3,6-8,15H,4-5H2. The second-order valence-electron chi connectivity index (χ2n) is 4.14. The van der Waals surface area contributed by atoms with Crippen LogP contribution in [0, 0.1) is 0 Å². The van der Waals surface area contributed by atoms with Crippen molar-refractivity contribution in [2.45, 2.75) is 5.92 Å². The van der Waals surface area contributed by atoms with Crippen molar-refractivity contribution in [3.05, 3.63) is 45.9 Å². The Morgan fingerprint density at radius 3 is 2.88 bits per heavy atom. The molecule has 0 saturated carbocycles. The molecule has 1 aromatic heterocycles. The smallest absolute Gasteiger partial charge is 0.0994 e. The number of nitrogens with one attached hydrogen (secondary N) is 1. The average molecular weight is 313 g/mol. The number of benzene rings is 1. The van der Waals surface area contributed by atoms with Gasteiger partial charge in [-0.05, 0) is 18.2 Å². The van der Waals surface area contributed by atoms with E-state index in [1.807, 2.05) is 30.7 Å². The summed E-state index contributed by atoms with van der Waals surface area (Å²) in [6, 6.07) is 5.90. The lowest BCUT2D eigenvalue weighted by Crippen LogP contribution is -2.40. The summed E-state index contributed by atoms with van der Waals surface area (Å²) in [5.41, 5.74) is 2.20. The van der Waals surface area contributed by atoms with Crippen molar-refractivity contribution in [1.29, 1.82) is 0 Å². The second kappa shape index (κ2) is 4.44. The van der Waals surface area contributed by atoms with Gasteiger partial charge in [0.1, 0.15) is 0 Å². The molecule has 3 nitrogen and oxygen atoms in total. The van der Waals surface area contributed by atoms with Crippen molar-refractivity contribution >= 4 is 27.5 Å². The lowest BCUT2D eigenvalue weighted by Gasteiger charge is -2.28. The predicted octanol–water partition coefficient (Wildman–Crippen LogP) is 2.98. The van der Waals surface area contributed by atoms with E-state index in [-0.39, 0.29) is 0 Å². The Bertz CT molecular complexity index is 548.